The number of hydrogen-bond donors (Lipinski definition) is 0. The van der Waals surface area contributed by atoms with E-state index < -0.39 is 5.79 Å². The molecule has 1 aliphatic heterocycles. The molecule has 3 aliphatic rings. The van der Waals surface area contributed by atoms with Crippen molar-refractivity contribution in [1.29, 1.82) is 0 Å². The second-order valence-electron chi connectivity index (χ2n) is 6.98. The van der Waals surface area contributed by atoms with Crippen LogP contribution >= 0.6 is 0 Å². The van der Waals surface area contributed by atoms with Crippen LogP contribution in [0.4, 0.5) is 0 Å². The molecule has 3 rings (SSSR count). The largest absolute Gasteiger partial charge is 0.359 e. The van der Waals surface area contributed by atoms with Gasteiger partial charge in [0, 0.05) is 30.3 Å². The summed E-state index contributed by atoms with van der Waals surface area (Å²) in [4.78, 5) is 3.00. The smallest absolute Gasteiger partial charge is 0.169 e. The van der Waals surface area contributed by atoms with Gasteiger partial charge in [-0.05, 0) is 24.8 Å². The summed E-state index contributed by atoms with van der Waals surface area (Å²) in [6, 6.07) is -0.188. The number of methoxy groups -OCH3 is 1. The Morgan fingerprint density at radius 3 is 2.73 bits per heavy atom. The Morgan fingerprint density at radius 1 is 1.27 bits per heavy atom. The van der Waals surface area contributed by atoms with Crippen LogP contribution in [0.15, 0.2) is 5.11 Å². The van der Waals surface area contributed by atoms with Gasteiger partial charge in [0.25, 0.3) is 0 Å². The van der Waals surface area contributed by atoms with E-state index in [0.29, 0.717) is 13.0 Å². The van der Waals surface area contributed by atoms with Gasteiger partial charge in [0.2, 0.25) is 0 Å². The molecule has 0 aromatic carbocycles. The van der Waals surface area contributed by atoms with E-state index in [2.05, 4.69) is 16.9 Å². The first-order valence-corrected chi connectivity index (χ1v) is 8.09. The van der Waals surface area contributed by atoms with Gasteiger partial charge in [-0.25, -0.2) is 0 Å². The van der Waals surface area contributed by atoms with E-state index in [9.17, 15) is 0 Å². The van der Waals surface area contributed by atoms with Gasteiger partial charge in [-0.1, -0.05) is 18.5 Å². The highest BCUT2D eigenvalue weighted by atomic mass is 16.8. The summed E-state index contributed by atoms with van der Waals surface area (Å²) in [5.74, 6) is -0.472. The molecule has 1 saturated heterocycles. The van der Waals surface area contributed by atoms with Gasteiger partial charge in [-0.15, -0.1) is 0 Å². The predicted octanol–water partition coefficient (Wildman–Crippen LogP) is 3.14. The number of azide groups is 1. The molecule has 22 heavy (non-hydrogen) atoms. The van der Waals surface area contributed by atoms with Crippen LogP contribution in [-0.2, 0) is 18.9 Å². The maximum absolute atomic E-state index is 8.84. The lowest BCUT2D eigenvalue weighted by Gasteiger charge is -2.36. The lowest BCUT2D eigenvalue weighted by atomic mass is 9.86. The highest BCUT2D eigenvalue weighted by Gasteiger charge is 2.61. The molecule has 0 aromatic rings. The molecule has 4 atom stereocenters. The quantitative estimate of drug-likeness (QED) is 0.257. The fourth-order valence-electron chi connectivity index (χ4n) is 4.16. The fourth-order valence-corrected chi connectivity index (χ4v) is 4.16. The molecule has 0 unspecified atom stereocenters. The zero-order chi connectivity index (χ0) is 15.6. The van der Waals surface area contributed by atoms with Gasteiger partial charge in [-0.2, -0.15) is 0 Å². The summed E-state index contributed by atoms with van der Waals surface area (Å²) in [6.07, 6.45) is 5.81. The molecule has 1 heterocycles. The first-order valence-electron chi connectivity index (χ1n) is 8.09. The van der Waals surface area contributed by atoms with E-state index in [1.807, 2.05) is 0 Å². The van der Waals surface area contributed by atoms with Crippen molar-refractivity contribution < 1.29 is 18.9 Å². The summed E-state index contributed by atoms with van der Waals surface area (Å²) >= 11 is 0. The Bertz CT molecular complexity index is 448. The summed E-state index contributed by atoms with van der Waals surface area (Å²) in [5.41, 5.74) is 8.62. The molecule has 0 bridgehead atoms. The van der Waals surface area contributed by atoms with Crippen molar-refractivity contribution >= 4 is 0 Å². The topological polar surface area (TPSA) is 85.7 Å². The lowest BCUT2D eigenvalue weighted by molar-refractivity contribution is -0.213. The highest BCUT2D eigenvalue weighted by molar-refractivity contribution is 5.09. The van der Waals surface area contributed by atoms with Crippen molar-refractivity contribution in [2.24, 2.45) is 10.5 Å². The second-order valence-corrected chi connectivity index (χ2v) is 6.98. The van der Waals surface area contributed by atoms with E-state index in [1.165, 1.54) is 6.42 Å². The van der Waals surface area contributed by atoms with Crippen LogP contribution in [0.5, 0.6) is 0 Å². The van der Waals surface area contributed by atoms with E-state index in [4.69, 9.17) is 24.5 Å². The van der Waals surface area contributed by atoms with Crippen LogP contribution in [0, 0.1) is 5.41 Å². The molecule has 0 radical (unpaired) electrons. The van der Waals surface area contributed by atoms with Crippen molar-refractivity contribution in [3.63, 3.8) is 0 Å². The molecule has 2 aliphatic carbocycles. The first-order chi connectivity index (χ1) is 10.6. The minimum Gasteiger partial charge on any atom is -0.359 e. The van der Waals surface area contributed by atoms with Crippen molar-refractivity contribution in [3.05, 3.63) is 10.4 Å². The maximum Gasteiger partial charge on any atom is 0.169 e. The Morgan fingerprint density at radius 2 is 2.05 bits per heavy atom. The fraction of sp³-hybridized carbons (Fsp3) is 1.00. The van der Waals surface area contributed by atoms with Crippen LogP contribution in [0.1, 0.15) is 45.4 Å². The Hall–Kier alpha value is -0.850. The normalized spacial score (nSPS) is 39.6. The number of hydrogen-bond acceptors (Lipinski definition) is 5. The molecule has 1 spiro atoms. The minimum atomic E-state index is -0.472. The molecule has 7 heteroatoms. The van der Waals surface area contributed by atoms with Crippen LogP contribution < -0.4 is 0 Å². The van der Waals surface area contributed by atoms with Crippen molar-refractivity contribution in [3.8, 4) is 0 Å². The summed E-state index contributed by atoms with van der Waals surface area (Å²) in [5, 5.41) is 3.96. The average Bonchev–Trinajstić information content (AvgIpc) is 2.98. The average molecular weight is 311 g/mol. The Kier molecular flexibility index (Phi) is 4.61. The van der Waals surface area contributed by atoms with Crippen molar-refractivity contribution in [2.45, 2.75) is 69.5 Å². The number of ether oxygens (including phenoxy) is 4. The van der Waals surface area contributed by atoms with Gasteiger partial charge in [0.1, 0.15) is 6.79 Å². The third kappa shape index (κ3) is 2.84. The zero-order valence-electron chi connectivity index (χ0n) is 13.4. The lowest BCUT2D eigenvalue weighted by Crippen LogP contribution is -2.39. The van der Waals surface area contributed by atoms with E-state index in [1.54, 1.807) is 7.11 Å². The SMILES string of the molecule is COCOC[C@@]1(C)C[C@H](N=[N+]=[N-])[C@H]2OC3(CCCCC3)O[C@H]21. The number of rotatable bonds is 5. The first kappa shape index (κ1) is 16.0. The monoisotopic (exact) mass is 311 g/mol. The summed E-state index contributed by atoms with van der Waals surface area (Å²) < 4.78 is 23.3. The Balaban J connectivity index is 1.77. The van der Waals surface area contributed by atoms with E-state index >= 15 is 0 Å². The molecule has 7 nitrogen and oxygen atoms in total. The van der Waals surface area contributed by atoms with Crippen LogP contribution in [0.2, 0.25) is 0 Å². The molecule has 2 saturated carbocycles. The summed E-state index contributed by atoms with van der Waals surface area (Å²) in [6.45, 7) is 2.89. The zero-order valence-corrected chi connectivity index (χ0v) is 13.4. The van der Waals surface area contributed by atoms with Crippen molar-refractivity contribution in [2.75, 3.05) is 20.5 Å². The van der Waals surface area contributed by atoms with Gasteiger partial charge >= 0.3 is 0 Å². The van der Waals surface area contributed by atoms with Gasteiger partial charge in [0.15, 0.2) is 5.79 Å². The maximum atomic E-state index is 8.84. The molecule has 0 N–H and O–H groups in total. The van der Waals surface area contributed by atoms with Gasteiger partial charge < -0.3 is 18.9 Å². The van der Waals surface area contributed by atoms with Gasteiger partial charge in [0.05, 0.1) is 24.9 Å². The standard InChI is InChI=1S/C15H25N3O4/c1-14(9-20-10-19-2)8-11(17-18-16)12-13(14)22-15(21-12)6-4-3-5-7-15/h11-13H,3-10H2,1-2H3/t11-,12+,13+,14+/m0/s1. The summed E-state index contributed by atoms with van der Waals surface area (Å²) in [7, 11) is 1.61. The second kappa shape index (κ2) is 6.34. The van der Waals surface area contributed by atoms with Crippen LogP contribution in [0.3, 0.4) is 0 Å². The Labute approximate surface area is 130 Å². The van der Waals surface area contributed by atoms with Gasteiger partial charge in [-0.3, -0.25) is 0 Å². The molecule has 124 valence electrons. The number of nitrogens with zero attached hydrogens (tertiary/aromatic N) is 3. The van der Waals surface area contributed by atoms with E-state index in [0.717, 1.165) is 25.7 Å². The molecule has 3 fully saturated rings. The third-order valence-corrected chi connectivity index (χ3v) is 5.18. The molecular weight excluding hydrogens is 286 g/mol. The predicted molar refractivity (Wildman–Crippen MR) is 79.0 cm³/mol. The minimum absolute atomic E-state index is 0.0852. The molecule has 0 aromatic heterocycles. The third-order valence-electron chi connectivity index (χ3n) is 5.18. The van der Waals surface area contributed by atoms with Crippen molar-refractivity contribution in [1.82, 2.24) is 0 Å². The van der Waals surface area contributed by atoms with E-state index in [-0.39, 0.29) is 30.5 Å². The molecular formula is C15H25N3O4. The number of fused-ring (bicyclic) bond motifs is 1. The van der Waals surface area contributed by atoms with Crippen LogP contribution in [-0.4, -0.2) is 44.5 Å². The highest BCUT2D eigenvalue weighted by Crippen LogP contribution is 2.53. The van der Waals surface area contributed by atoms with Crippen LogP contribution in [0.25, 0.3) is 10.4 Å². The molecule has 0 amide bonds.